The minimum absolute atomic E-state index is 0.193. The molecule has 0 unspecified atom stereocenters. The molecule has 0 aromatic heterocycles. The first-order valence-electron chi connectivity index (χ1n) is 5.51. The SMILES string of the molecule is C=CCCS(=O)(=O)N[C@H](C(N)=O)c1ccc(F)cc1. The van der Waals surface area contributed by atoms with Crippen molar-refractivity contribution in [1.29, 1.82) is 0 Å². The lowest BCUT2D eigenvalue weighted by atomic mass is 10.1. The number of hydrogen-bond acceptors (Lipinski definition) is 3. The average molecular weight is 286 g/mol. The maximum absolute atomic E-state index is 12.8. The van der Waals surface area contributed by atoms with Gasteiger partial charge >= 0.3 is 0 Å². The number of sulfonamides is 1. The highest BCUT2D eigenvalue weighted by Crippen LogP contribution is 2.14. The van der Waals surface area contributed by atoms with E-state index in [0.717, 1.165) is 12.1 Å². The third-order valence-corrected chi connectivity index (χ3v) is 3.74. The van der Waals surface area contributed by atoms with Gasteiger partial charge in [-0.1, -0.05) is 18.2 Å². The molecule has 0 saturated carbocycles. The zero-order chi connectivity index (χ0) is 14.5. The molecular formula is C12H15FN2O3S. The summed E-state index contributed by atoms with van der Waals surface area (Å²) in [6, 6.07) is 3.66. The highest BCUT2D eigenvalue weighted by molar-refractivity contribution is 7.89. The lowest BCUT2D eigenvalue weighted by Gasteiger charge is -2.15. The zero-order valence-corrected chi connectivity index (χ0v) is 11.0. The summed E-state index contributed by atoms with van der Waals surface area (Å²) in [4.78, 5) is 11.3. The average Bonchev–Trinajstić information content (AvgIpc) is 2.35. The molecule has 3 N–H and O–H groups in total. The lowest BCUT2D eigenvalue weighted by molar-refractivity contribution is -0.119. The van der Waals surface area contributed by atoms with Crippen molar-refractivity contribution in [1.82, 2.24) is 4.72 Å². The number of carbonyl (C=O) groups is 1. The van der Waals surface area contributed by atoms with E-state index < -0.39 is 27.8 Å². The van der Waals surface area contributed by atoms with Crippen LogP contribution < -0.4 is 10.5 Å². The van der Waals surface area contributed by atoms with Crippen LogP contribution in [0, 0.1) is 5.82 Å². The Balaban J connectivity index is 2.93. The van der Waals surface area contributed by atoms with Gasteiger partial charge in [-0.3, -0.25) is 4.79 Å². The van der Waals surface area contributed by atoms with Gasteiger partial charge in [0.2, 0.25) is 15.9 Å². The molecule has 0 bridgehead atoms. The third-order valence-electron chi connectivity index (χ3n) is 2.38. The largest absolute Gasteiger partial charge is 0.368 e. The molecule has 0 aliphatic rings. The fraction of sp³-hybridized carbons (Fsp3) is 0.250. The summed E-state index contributed by atoms with van der Waals surface area (Å²) >= 11 is 0. The van der Waals surface area contributed by atoms with Crippen LogP contribution in [0.5, 0.6) is 0 Å². The smallest absolute Gasteiger partial charge is 0.240 e. The highest BCUT2D eigenvalue weighted by atomic mass is 32.2. The molecule has 0 heterocycles. The molecule has 0 spiro atoms. The van der Waals surface area contributed by atoms with Gasteiger partial charge in [0.05, 0.1) is 5.75 Å². The number of benzene rings is 1. The fourth-order valence-electron chi connectivity index (χ4n) is 1.42. The Labute approximate surface area is 111 Å². The van der Waals surface area contributed by atoms with Crippen LogP contribution in [0.25, 0.3) is 0 Å². The van der Waals surface area contributed by atoms with Crippen LogP contribution >= 0.6 is 0 Å². The Morgan fingerprint density at radius 3 is 2.47 bits per heavy atom. The summed E-state index contributed by atoms with van der Waals surface area (Å²) in [5.74, 6) is -1.53. The summed E-state index contributed by atoms with van der Waals surface area (Å²) in [6.07, 6.45) is 1.71. The third kappa shape index (κ3) is 4.80. The predicted octanol–water partition coefficient (Wildman–Crippen LogP) is 0.848. The Kier molecular flexibility index (Phi) is 5.20. The van der Waals surface area contributed by atoms with Gasteiger partial charge in [-0.25, -0.2) is 12.8 Å². The quantitative estimate of drug-likeness (QED) is 0.728. The van der Waals surface area contributed by atoms with Gasteiger partial charge in [-0.2, -0.15) is 4.72 Å². The zero-order valence-electron chi connectivity index (χ0n) is 10.2. The van der Waals surface area contributed by atoms with Crippen LogP contribution in [0.2, 0.25) is 0 Å². The van der Waals surface area contributed by atoms with Crippen LogP contribution in [-0.2, 0) is 14.8 Å². The molecule has 0 aliphatic carbocycles. The van der Waals surface area contributed by atoms with Crippen molar-refractivity contribution in [3.63, 3.8) is 0 Å². The summed E-state index contributed by atoms with van der Waals surface area (Å²) in [5.41, 5.74) is 5.45. The van der Waals surface area contributed by atoms with Crippen molar-refractivity contribution in [2.75, 3.05) is 5.75 Å². The minimum atomic E-state index is -3.66. The Hall–Kier alpha value is -1.73. The van der Waals surface area contributed by atoms with Gasteiger partial charge in [-0.15, -0.1) is 6.58 Å². The van der Waals surface area contributed by atoms with Crippen LogP contribution in [0.1, 0.15) is 18.0 Å². The van der Waals surface area contributed by atoms with Gasteiger partial charge in [0, 0.05) is 0 Å². The number of hydrogen-bond donors (Lipinski definition) is 2. The molecule has 0 saturated heterocycles. The number of rotatable bonds is 7. The Bertz CT molecular complexity index is 555. The van der Waals surface area contributed by atoms with E-state index in [1.54, 1.807) is 0 Å². The number of nitrogens with one attached hydrogen (secondary N) is 1. The highest BCUT2D eigenvalue weighted by Gasteiger charge is 2.23. The van der Waals surface area contributed by atoms with E-state index >= 15 is 0 Å². The van der Waals surface area contributed by atoms with E-state index in [4.69, 9.17) is 5.73 Å². The Morgan fingerprint density at radius 1 is 1.42 bits per heavy atom. The van der Waals surface area contributed by atoms with Gasteiger partial charge < -0.3 is 5.73 Å². The molecular weight excluding hydrogens is 271 g/mol. The molecule has 1 aromatic rings. The lowest BCUT2D eigenvalue weighted by Crippen LogP contribution is -2.38. The Morgan fingerprint density at radius 2 is 2.00 bits per heavy atom. The second-order valence-electron chi connectivity index (χ2n) is 3.90. The van der Waals surface area contributed by atoms with Crippen molar-refractivity contribution in [2.24, 2.45) is 5.73 Å². The van der Waals surface area contributed by atoms with Crippen molar-refractivity contribution >= 4 is 15.9 Å². The second-order valence-corrected chi connectivity index (χ2v) is 5.77. The molecule has 19 heavy (non-hydrogen) atoms. The maximum Gasteiger partial charge on any atom is 0.240 e. The van der Waals surface area contributed by atoms with Crippen molar-refractivity contribution in [3.05, 3.63) is 48.3 Å². The van der Waals surface area contributed by atoms with Crippen LogP contribution in [0.15, 0.2) is 36.9 Å². The number of allylic oxidation sites excluding steroid dienone is 1. The van der Waals surface area contributed by atoms with Crippen LogP contribution in [0.4, 0.5) is 4.39 Å². The van der Waals surface area contributed by atoms with Gasteiger partial charge in [0.15, 0.2) is 0 Å². The molecule has 0 radical (unpaired) electrons. The number of amides is 1. The van der Waals surface area contributed by atoms with Gasteiger partial charge in [0.1, 0.15) is 11.9 Å². The van der Waals surface area contributed by atoms with Gasteiger partial charge in [-0.05, 0) is 24.1 Å². The molecule has 1 rings (SSSR count). The van der Waals surface area contributed by atoms with Crippen LogP contribution in [0.3, 0.4) is 0 Å². The number of halogens is 1. The molecule has 1 atom stereocenters. The minimum Gasteiger partial charge on any atom is -0.368 e. The number of carbonyl (C=O) groups excluding carboxylic acids is 1. The molecule has 1 aromatic carbocycles. The molecule has 1 amide bonds. The summed E-state index contributed by atoms with van der Waals surface area (Å²) in [7, 11) is -3.66. The van der Waals surface area contributed by atoms with Crippen LogP contribution in [-0.4, -0.2) is 20.1 Å². The monoisotopic (exact) mass is 286 g/mol. The molecule has 5 nitrogen and oxygen atoms in total. The van der Waals surface area contributed by atoms with Crippen molar-refractivity contribution in [3.8, 4) is 0 Å². The molecule has 104 valence electrons. The van der Waals surface area contributed by atoms with E-state index in [-0.39, 0.29) is 17.7 Å². The first-order chi connectivity index (χ1) is 8.85. The normalized spacial score (nSPS) is 12.9. The van der Waals surface area contributed by atoms with Crippen molar-refractivity contribution in [2.45, 2.75) is 12.5 Å². The van der Waals surface area contributed by atoms with Crippen molar-refractivity contribution < 1.29 is 17.6 Å². The van der Waals surface area contributed by atoms with E-state index in [9.17, 15) is 17.6 Å². The maximum atomic E-state index is 12.8. The topological polar surface area (TPSA) is 89.3 Å². The van der Waals surface area contributed by atoms with E-state index in [2.05, 4.69) is 11.3 Å². The summed E-state index contributed by atoms with van der Waals surface area (Å²) in [6.45, 7) is 3.42. The number of nitrogens with two attached hydrogens (primary N) is 1. The molecule has 7 heteroatoms. The van der Waals surface area contributed by atoms with E-state index in [1.807, 2.05) is 0 Å². The second kappa shape index (κ2) is 6.44. The van der Waals surface area contributed by atoms with E-state index in [1.165, 1.54) is 18.2 Å². The molecule has 0 aliphatic heterocycles. The summed E-state index contributed by atoms with van der Waals surface area (Å²) < 4.78 is 38.4. The summed E-state index contributed by atoms with van der Waals surface area (Å²) in [5, 5.41) is 0. The molecule has 0 fully saturated rings. The first-order valence-corrected chi connectivity index (χ1v) is 7.16. The van der Waals surface area contributed by atoms with E-state index in [0.29, 0.717) is 0 Å². The van der Waals surface area contributed by atoms with Gasteiger partial charge in [0.25, 0.3) is 0 Å². The fourth-order valence-corrected chi connectivity index (χ4v) is 2.63. The number of primary amides is 1. The first kappa shape index (κ1) is 15.3. The predicted molar refractivity (Wildman–Crippen MR) is 70.1 cm³/mol. The standard InChI is InChI=1S/C12H15FN2O3S/c1-2-3-8-19(17,18)15-11(12(14)16)9-4-6-10(13)7-5-9/h2,4-7,11,15H,1,3,8H2,(H2,14,16)/t11-/m0/s1.